The lowest BCUT2D eigenvalue weighted by Gasteiger charge is -2.33. The zero-order chi connectivity index (χ0) is 47.7. The molecule has 3 aliphatic rings. The minimum atomic E-state index is -0.476. The molecule has 0 amide bonds. The second kappa shape index (κ2) is 15.3. The molecule has 0 unspecified atom stereocenters. The van der Waals surface area contributed by atoms with E-state index in [1.807, 2.05) is 0 Å². The number of benzene rings is 11. The molecular formula is C70H48N2. The van der Waals surface area contributed by atoms with Crippen LogP contribution in [0.25, 0.3) is 83.1 Å². The molecule has 1 heterocycles. The minimum Gasteiger partial charge on any atom is -0.309 e. The Balaban J connectivity index is 0.985. The standard InChI is InChI=1S/C70H48N2/c1-69(2)62-43-46(45-20-5-3-6-21-45)36-39-53(62)54-40-38-49(44-63(54)69)72(64-33-17-12-24-50(64)47-37-41-66-57(42-47)55-27-13-18-34-65(55)71(66)48-22-7-4-8-23-48)67-35-19-32-61-68(67)56-28-11-16-31-60(56)70(61)58-29-14-9-25-51(58)52-26-10-15-30-59(52)70/h3-44H,1-2H3. The van der Waals surface area contributed by atoms with Crippen LogP contribution in [-0.4, -0.2) is 4.57 Å². The van der Waals surface area contributed by atoms with Crippen LogP contribution in [0.3, 0.4) is 0 Å². The fraction of sp³-hybridized carbons (Fsp3) is 0.0571. The summed E-state index contributed by atoms with van der Waals surface area (Å²) in [5.41, 5.74) is 26.9. The van der Waals surface area contributed by atoms with Gasteiger partial charge in [0.05, 0.1) is 27.8 Å². The van der Waals surface area contributed by atoms with Crippen molar-refractivity contribution in [3.05, 3.63) is 288 Å². The van der Waals surface area contributed by atoms with Gasteiger partial charge in [-0.15, -0.1) is 0 Å². The Morgan fingerprint density at radius 3 is 1.60 bits per heavy atom. The molecule has 15 rings (SSSR count). The molecular weight excluding hydrogens is 869 g/mol. The summed E-state index contributed by atoms with van der Waals surface area (Å²) in [6.07, 6.45) is 0. The molecule has 11 aromatic carbocycles. The molecule has 0 aliphatic heterocycles. The Hall–Kier alpha value is -8.98. The first-order valence-electron chi connectivity index (χ1n) is 25.3. The molecule has 0 bridgehead atoms. The average molecular weight is 917 g/mol. The van der Waals surface area contributed by atoms with Gasteiger partial charge in [-0.3, -0.25) is 0 Å². The van der Waals surface area contributed by atoms with Crippen molar-refractivity contribution in [2.45, 2.75) is 24.7 Å². The zero-order valence-corrected chi connectivity index (χ0v) is 40.1. The summed E-state index contributed by atoms with van der Waals surface area (Å²) in [5, 5.41) is 2.47. The van der Waals surface area contributed by atoms with Gasteiger partial charge in [0.15, 0.2) is 0 Å². The summed E-state index contributed by atoms with van der Waals surface area (Å²) in [7, 11) is 0. The summed E-state index contributed by atoms with van der Waals surface area (Å²) < 4.78 is 2.40. The summed E-state index contributed by atoms with van der Waals surface area (Å²) in [4.78, 5) is 2.59. The molecule has 0 saturated carbocycles. The van der Waals surface area contributed by atoms with Crippen molar-refractivity contribution in [1.82, 2.24) is 4.57 Å². The Morgan fingerprint density at radius 1 is 0.319 bits per heavy atom. The van der Waals surface area contributed by atoms with Crippen molar-refractivity contribution in [2.24, 2.45) is 0 Å². The Bertz CT molecular complexity index is 4150. The predicted octanol–water partition coefficient (Wildman–Crippen LogP) is 18.2. The smallest absolute Gasteiger partial charge is 0.0726 e. The first-order valence-corrected chi connectivity index (χ1v) is 25.3. The van der Waals surface area contributed by atoms with Crippen LogP contribution in [0.1, 0.15) is 47.2 Å². The van der Waals surface area contributed by atoms with Crippen LogP contribution in [0.5, 0.6) is 0 Å². The largest absolute Gasteiger partial charge is 0.309 e. The molecule has 0 N–H and O–H groups in total. The third-order valence-corrected chi connectivity index (χ3v) is 16.4. The maximum absolute atomic E-state index is 2.59. The van der Waals surface area contributed by atoms with E-state index in [-0.39, 0.29) is 5.41 Å². The molecule has 72 heavy (non-hydrogen) atoms. The van der Waals surface area contributed by atoms with Crippen LogP contribution in [0, 0.1) is 0 Å². The van der Waals surface area contributed by atoms with Crippen LogP contribution in [0.2, 0.25) is 0 Å². The first-order chi connectivity index (χ1) is 35.5. The van der Waals surface area contributed by atoms with E-state index >= 15 is 0 Å². The monoisotopic (exact) mass is 916 g/mol. The van der Waals surface area contributed by atoms with Crippen molar-refractivity contribution in [3.8, 4) is 61.3 Å². The number of nitrogens with zero attached hydrogens (tertiary/aromatic N) is 2. The second-order valence-corrected chi connectivity index (χ2v) is 20.3. The van der Waals surface area contributed by atoms with Crippen molar-refractivity contribution in [2.75, 3.05) is 4.90 Å². The lowest BCUT2D eigenvalue weighted by atomic mass is 9.70. The Kier molecular flexibility index (Phi) is 8.66. The fourth-order valence-electron chi connectivity index (χ4n) is 13.3. The third-order valence-electron chi connectivity index (χ3n) is 16.4. The molecule has 0 saturated heterocycles. The SMILES string of the molecule is CC1(C)c2cc(-c3ccccc3)ccc2-c2ccc(N(c3ccccc3-c3ccc4c(c3)c3ccccc3n4-c3ccccc3)c3cccc4c3-c3ccccc3C43c4ccccc4-c4ccccc43)cc21. The lowest BCUT2D eigenvalue weighted by Crippen LogP contribution is -2.26. The fourth-order valence-corrected chi connectivity index (χ4v) is 13.3. The van der Waals surface area contributed by atoms with Crippen LogP contribution >= 0.6 is 0 Å². The van der Waals surface area contributed by atoms with Gasteiger partial charge in [-0.05, 0) is 139 Å². The highest BCUT2D eigenvalue weighted by atomic mass is 15.1. The minimum absolute atomic E-state index is 0.249. The molecule has 0 radical (unpaired) electrons. The van der Waals surface area contributed by atoms with E-state index in [0.29, 0.717) is 0 Å². The van der Waals surface area contributed by atoms with E-state index in [9.17, 15) is 0 Å². The highest BCUT2D eigenvalue weighted by Crippen LogP contribution is 2.65. The van der Waals surface area contributed by atoms with Crippen LogP contribution in [-0.2, 0) is 10.8 Å². The molecule has 12 aromatic rings. The van der Waals surface area contributed by atoms with Gasteiger partial charge in [0.25, 0.3) is 0 Å². The van der Waals surface area contributed by atoms with Gasteiger partial charge in [0.2, 0.25) is 0 Å². The molecule has 0 fully saturated rings. The summed E-state index contributed by atoms with van der Waals surface area (Å²) >= 11 is 0. The molecule has 338 valence electrons. The van der Waals surface area contributed by atoms with Crippen molar-refractivity contribution < 1.29 is 0 Å². The number of para-hydroxylation sites is 3. The normalized spacial score (nSPS) is 13.9. The van der Waals surface area contributed by atoms with E-state index in [2.05, 4.69) is 278 Å². The maximum atomic E-state index is 2.59. The van der Waals surface area contributed by atoms with Gasteiger partial charge in [-0.1, -0.05) is 208 Å². The maximum Gasteiger partial charge on any atom is 0.0726 e. The van der Waals surface area contributed by atoms with Gasteiger partial charge in [0, 0.05) is 38.7 Å². The third kappa shape index (κ3) is 5.55. The summed E-state index contributed by atoms with van der Waals surface area (Å²) in [6.45, 7) is 4.82. The predicted molar refractivity (Wildman–Crippen MR) is 300 cm³/mol. The molecule has 1 spiro atoms. The van der Waals surface area contributed by atoms with Gasteiger partial charge < -0.3 is 9.47 Å². The number of fused-ring (bicyclic) bond motifs is 16. The highest BCUT2D eigenvalue weighted by molar-refractivity contribution is 6.11. The lowest BCUT2D eigenvalue weighted by molar-refractivity contribution is 0.660. The Morgan fingerprint density at radius 2 is 0.847 bits per heavy atom. The summed E-state index contributed by atoms with van der Waals surface area (Å²) in [5.74, 6) is 0. The topological polar surface area (TPSA) is 8.17 Å². The molecule has 0 atom stereocenters. The van der Waals surface area contributed by atoms with Crippen LogP contribution < -0.4 is 4.90 Å². The van der Waals surface area contributed by atoms with Crippen LogP contribution in [0.15, 0.2) is 255 Å². The molecule has 2 heteroatoms. The number of aromatic nitrogens is 1. The average Bonchev–Trinajstić information content (AvgIpc) is 4.11. The van der Waals surface area contributed by atoms with E-state index in [1.54, 1.807) is 0 Å². The number of rotatable bonds is 6. The quantitative estimate of drug-likeness (QED) is 0.161. The van der Waals surface area contributed by atoms with Crippen LogP contribution in [0.4, 0.5) is 17.1 Å². The molecule has 2 nitrogen and oxygen atoms in total. The van der Waals surface area contributed by atoms with Gasteiger partial charge in [-0.25, -0.2) is 0 Å². The summed E-state index contributed by atoms with van der Waals surface area (Å²) in [6, 6.07) is 95.4. The van der Waals surface area contributed by atoms with Crippen molar-refractivity contribution >= 4 is 38.9 Å². The van der Waals surface area contributed by atoms with Crippen molar-refractivity contribution in [3.63, 3.8) is 0 Å². The zero-order valence-electron chi connectivity index (χ0n) is 40.1. The van der Waals surface area contributed by atoms with Crippen molar-refractivity contribution in [1.29, 1.82) is 0 Å². The van der Waals surface area contributed by atoms with E-state index in [1.165, 1.54) is 111 Å². The van der Waals surface area contributed by atoms with Gasteiger partial charge >= 0.3 is 0 Å². The Labute approximate surface area is 420 Å². The molecule has 1 aromatic heterocycles. The number of anilines is 3. The van der Waals surface area contributed by atoms with E-state index in [4.69, 9.17) is 0 Å². The number of hydrogen-bond donors (Lipinski definition) is 0. The van der Waals surface area contributed by atoms with Gasteiger partial charge in [-0.2, -0.15) is 0 Å². The first kappa shape index (κ1) is 40.9. The highest BCUT2D eigenvalue weighted by Gasteiger charge is 2.52. The number of hydrogen-bond acceptors (Lipinski definition) is 1. The van der Waals surface area contributed by atoms with E-state index < -0.39 is 5.41 Å². The second-order valence-electron chi connectivity index (χ2n) is 20.3. The van der Waals surface area contributed by atoms with Gasteiger partial charge in [0.1, 0.15) is 0 Å². The molecule has 3 aliphatic carbocycles. The van der Waals surface area contributed by atoms with E-state index in [0.717, 1.165) is 22.7 Å².